The number of halogens is 2. The van der Waals surface area contributed by atoms with Gasteiger partial charge in [0.1, 0.15) is 0 Å². The zero-order valence-corrected chi connectivity index (χ0v) is 36.5. The molecule has 0 radical (unpaired) electrons. The fraction of sp³-hybridized carbons (Fsp3) is 0.500. The second-order valence-corrected chi connectivity index (χ2v) is 67.1. The summed E-state index contributed by atoms with van der Waals surface area (Å²) in [5, 5.41) is 0. The molecule has 4 aliphatic rings. The van der Waals surface area contributed by atoms with E-state index in [1.807, 2.05) is 13.3 Å². The molecule has 0 unspecified atom stereocenters. The van der Waals surface area contributed by atoms with E-state index in [4.69, 9.17) is 0 Å². The van der Waals surface area contributed by atoms with E-state index in [1.54, 1.807) is 11.1 Å². The summed E-state index contributed by atoms with van der Waals surface area (Å²) in [5.41, 5.74) is 4.07. The van der Waals surface area contributed by atoms with E-state index >= 15 is 0 Å². The summed E-state index contributed by atoms with van der Waals surface area (Å²) in [4.78, 5) is 0. The van der Waals surface area contributed by atoms with E-state index in [9.17, 15) is 0 Å². The molecule has 0 nitrogen and oxygen atoms in total. The van der Waals surface area contributed by atoms with Gasteiger partial charge >= 0.3 is 243 Å². The first-order valence-electron chi connectivity index (χ1n) is 14.1. The molecular weight excluding hydrogens is 868 g/mol. The van der Waals surface area contributed by atoms with Crippen LogP contribution in [0, 0.1) is 10.8 Å². The Hall–Kier alpha value is 0.674. The molecule has 0 aromatic heterocycles. The molecule has 0 aromatic carbocycles. The monoisotopic (exact) mass is 920 g/mol. The first kappa shape index (κ1) is 36.7. The summed E-state index contributed by atoms with van der Waals surface area (Å²) in [7, 11) is 0. The molecule has 0 aliphatic heterocycles. The van der Waals surface area contributed by atoms with Crippen LogP contribution in [0.2, 0.25) is 26.2 Å². The fourth-order valence-electron chi connectivity index (χ4n) is 6.05. The maximum absolute atomic E-state index is 2.59. The number of hydrogen-bond donors (Lipinski definition) is 0. The van der Waals surface area contributed by atoms with Crippen LogP contribution in [0.3, 0.4) is 0 Å². The van der Waals surface area contributed by atoms with E-state index in [2.05, 4.69) is 128 Å². The number of rotatable bonds is 6. The molecule has 0 fully saturated rings. The molecule has 0 N–H and O–H groups in total. The van der Waals surface area contributed by atoms with Crippen LogP contribution in [-0.2, 0) is 41.2 Å². The first-order valence-corrected chi connectivity index (χ1v) is 39.5. The quantitative estimate of drug-likeness (QED) is 0.359. The summed E-state index contributed by atoms with van der Waals surface area (Å²) < 4.78 is 7.62. The van der Waals surface area contributed by atoms with Gasteiger partial charge in [-0.25, -0.2) is 0 Å². The van der Waals surface area contributed by atoms with Gasteiger partial charge in [-0.15, -0.1) is 0 Å². The molecule has 0 bridgehead atoms. The molecule has 208 valence electrons. The molecule has 4 rings (SSSR count). The van der Waals surface area contributed by atoms with Crippen LogP contribution in [0.25, 0.3) is 0 Å². The minimum atomic E-state index is -1.66. The van der Waals surface area contributed by atoms with Crippen molar-refractivity contribution in [2.45, 2.75) is 93.4 Å². The van der Waals surface area contributed by atoms with E-state index in [0.29, 0.717) is 10.8 Å². The molecule has 0 saturated heterocycles. The maximum Gasteiger partial charge on any atom is -1.00 e. The Kier molecular flexibility index (Phi) is 15.2. The molecule has 0 aromatic rings. The summed E-state index contributed by atoms with van der Waals surface area (Å²) in [6.45, 7) is 24.6. The van der Waals surface area contributed by atoms with Crippen LogP contribution < -0.4 is 24.8 Å². The minimum Gasteiger partial charge on any atom is -1.00 e. The molecule has 6 heteroatoms. The van der Waals surface area contributed by atoms with Gasteiger partial charge in [-0.1, -0.05) is 0 Å². The second-order valence-electron chi connectivity index (χ2n) is 13.3. The van der Waals surface area contributed by atoms with Crippen molar-refractivity contribution in [3.63, 3.8) is 0 Å². The van der Waals surface area contributed by atoms with Gasteiger partial charge in [-0.2, -0.15) is 0 Å². The predicted octanol–water partition coefficient (Wildman–Crippen LogP) is 3.39. The van der Waals surface area contributed by atoms with Gasteiger partial charge in [-0.05, 0) is 0 Å². The van der Waals surface area contributed by atoms with Crippen LogP contribution in [0.1, 0.15) is 67.2 Å². The SMILES string of the molecule is C[SiH](C)[Hf+]([C]1=CC=CC1)[C]1=C(C(C)(C)C)C=CC1.C[SiH](C)[Hf+]([C]1=CC=CC1)[C]1=C(C(C)(C)C)C=CC1.[Cl-].[Cl-]. The Balaban J connectivity index is 0.000000361. The van der Waals surface area contributed by atoms with Crippen molar-refractivity contribution >= 4 is 12.0 Å². The molecule has 0 saturated carbocycles. The van der Waals surface area contributed by atoms with Gasteiger partial charge in [0.2, 0.25) is 0 Å². The van der Waals surface area contributed by atoms with Gasteiger partial charge < -0.3 is 24.8 Å². The molecule has 4 aliphatic carbocycles. The Morgan fingerprint density at radius 3 is 1.13 bits per heavy atom. The summed E-state index contributed by atoms with van der Waals surface area (Å²) in [6.07, 6.45) is 29.0. The molecule has 38 heavy (non-hydrogen) atoms. The Bertz CT molecular complexity index is 986. The summed E-state index contributed by atoms with van der Waals surface area (Å²) in [6, 6.07) is 0. The Morgan fingerprint density at radius 2 is 0.895 bits per heavy atom. The van der Waals surface area contributed by atoms with Crippen molar-refractivity contribution in [3.05, 3.63) is 85.2 Å². The van der Waals surface area contributed by atoms with Gasteiger partial charge in [0.25, 0.3) is 0 Å². The van der Waals surface area contributed by atoms with Crippen LogP contribution in [0.5, 0.6) is 0 Å². The van der Waals surface area contributed by atoms with Gasteiger partial charge in [0, 0.05) is 0 Å². The molecular formula is C32H50Cl2Hf2Si2. The molecule has 0 spiro atoms. The second kappa shape index (κ2) is 15.8. The van der Waals surface area contributed by atoms with Gasteiger partial charge in [-0.3, -0.25) is 0 Å². The van der Waals surface area contributed by atoms with Crippen molar-refractivity contribution in [1.29, 1.82) is 0 Å². The average molecular weight is 919 g/mol. The first-order chi connectivity index (χ1) is 16.8. The normalized spacial score (nSPS) is 18.1. The van der Waals surface area contributed by atoms with Crippen molar-refractivity contribution < 1.29 is 66.0 Å². The smallest absolute Gasteiger partial charge is 1.00 e. The zero-order valence-electron chi connectivity index (χ0n) is 25.5. The van der Waals surface area contributed by atoms with Crippen molar-refractivity contribution in [1.82, 2.24) is 0 Å². The van der Waals surface area contributed by atoms with Gasteiger partial charge in [0.15, 0.2) is 0 Å². The van der Waals surface area contributed by atoms with Crippen molar-refractivity contribution in [2.75, 3.05) is 0 Å². The van der Waals surface area contributed by atoms with E-state index < -0.39 is 53.2 Å². The van der Waals surface area contributed by atoms with Gasteiger partial charge in [0.05, 0.1) is 0 Å². The minimum absolute atomic E-state index is 0. The fourth-order valence-corrected chi connectivity index (χ4v) is 62.9. The molecule has 0 atom stereocenters. The third-order valence-electron chi connectivity index (χ3n) is 7.52. The predicted molar refractivity (Wildman–Crippen MR) is 162 cm³/mol. The van der Waals surface area contributed by atoms with Crippen molar-refractivity contribution in [2.24, 2.45) is 10.8 Å². The van der Waals surface area contributed by atoms with Crippen LogP contribution in [0.15, 0.2) is 85.2 Å². The molecule has 0 amide bonds. The van der Waals surface area contributed by atoms with E-state index in [0.717, 1.165) is 0 Å². The van der Waals surface area contributed by atoms with Crippen LogP contribution >= 0.6 is 0 Å². The van der Waals surface area contributed by atoms with Crippen LogP contribution in [-0.4, -0.2) is 12.0 Å². The average Bonchev–Trinajstić information content (AvgIpc) is 3.55. The topological polar surface area (TPSA) is 0 Å². The zero-order chi connectivity index (χ0) is 26.7. The number of hydrogen-bond acceptors (Lipinski definition) is 0. The maximum atomic E-state index is 2.59. The summed E-state index contributed by atoms with van der Waals surface area (Å²) >= 11 is -3.32. The largest absolute Gasteiger partial charge is 1.00 e. The third kappa shape index (κ3) is 9.34. The number of allylic oxidation sites excluding steroid dienone is 16. The Labute approximate surface area is 264 Å². The van der Waals surface area contributed by atoms with E-state index in [1.165, 1.54) is 25.7 Å². The van der Waals surface area contributed by atoms with Crippen LogP contribution in [0.4, 0.5) is 0 Å². The Morgan fingerprint density at radius 1 is 0.553 bits per heavy atom. The standard InChI is InChI=1S/2C9H13.2C5H5.2C2H7Si.2ClH.2Hf/c2*1-9(2,3)8-6-4-5-7-8;2*1-2-4-5-3-1;2*1-3-2;;;;/h2*4,6H,5H2,1-3H3;2*1-3H,4H2;2*3H,1-2H3;2*1H;;/q;;;;;;;;2*+1/p-2. The van der Waals surface area contributed by atoms with Crippen molar-refractivity contribution in [3.8, 4) is 0 Å². The summed E-state index contributed by atoms with van der Waals surface area (Å²) in [5.74, 6) is -0.991. The third-order valence-corrected chi connectivity index (χ3v) is 62.2. The molecule has 0 heterocycles. The van der Waals surface area contributed by atoms with E-state index in [-0.39, 0.29) is 24.8 Å².